The van der Waals surface area contributed by atoms with Gasteiger partial charge in [-0.15, -0.1) is 10.2 Å². The van der Waals surface area contributed by atoms with E-state index in [1.807, 2.05) is 42.7 Å². The summed E-state index contributed by atoms with van der Waals surface area (Å²) in [6.45, 7) is 9.14. The van der Waals surface area contributed by atoms with Crippen molar-refractivity contribution in [1.29, 1.82) is 0 Å². The van der Waals surface area contributed by atoms with Gasteiger partial charge in [-0.1, -0.05) is 41.6 Å². The third kappa shape index (κ3) is 7.32. The number of carbonyl (C=O) groups is 4. The molecule has 1 aliphatic heterocycles. The molecule has 12 nitrogen and oxygen atoms in total. The number of hydrogen-bond acceptors (Lipinski definition) is 11. The second-order valence-electron chi connectivity index (χ2n) is 8.75. The number of esters is 3. The van der Waals surface area contributed by atoms with Crippen molar-refractivity contribution in [2.75, 3.05) is 6.61 Å². The van der Waals surface area contributed by atoms with Crippen molar-refractivity contribution in [1.82, 2.24) is 20.1 Å². The topological polar surface area (TPSA) is 148 Å². The van der Waals surface area contributed by atoms with Gasteiger partial charge in [-0.3, -0.25) is 19.2 Å². The fourth-order valence-corrected chi connectivity index (χ4v) is 5.28. The first-order chi connectivity index (χ1) is 18.0. The number of aromatic nitrogens is 3. The first-order valence-corrected chi connectivity index (χ1v) is 12.9. The minimum Gasteiger partial charge on any atom is -0.463 e. The standard InChI is InChI=1S/C25H32N4O8S/c1-7-29-23(18-10-8-13(2)9-11-18)27-28-25(29)38-24-20(26-14(3)30)22(36-17(6)33)21(35-16(5)32)19(37-24)12-34-15(4)31/h8-11,19-22,24H,7,12H2,1-6H3,(H,26,30)/t19-,20-,21-,22-,24+/m1/s1. The van der Waals surface area contributed by atoms with Crippen LogP contribution in [0.5, 0.6) is 0 Å². The van der Waals surface area contributed by atoms with E-state index in [1.54, 1.807) is 0 Å². The molecule has 1 fully saturated rings. The Morgan fingerprint density at radius 2 is 1.61 bits per heavy atom. The summed E-state index contributed by atoms with van der Waals surface area (Å²) >= 11 is 1.15. The predicted molar refractivity (Wildman–Crippen MR) is 136 cm³/mol. The highest BCUT2D eigenvalue weighted by Crippen LogP contribution is 2.36. The van der Waals surface area contributed by atoms with Crippen LogP contribution in [0, 0.1) is 6.92 Å². The van der Waals surface area contributed by atoms with Crippen molar-refractivity contribution < 1.29 is 38.1 Å². The van der Waals surface area contributed by atoms with Crippen molar-refractivity contribution >= 4 is 35.6 Å². The van der Waals surface area contributed by atoms with Gasteiger partial charge in [-0.05, 0) is 13.8 Å². The molecule has 1 aliphatic rings. The number of hydrogen-bond donors (Lipinski definition) is 1. The monoisotopic (exact) mass is 548 g/mol. The van der Waals surface area contributed by atoms with E-state index in [-0.39, 0.29) is 6.61 Å². The van der Waals surface area contributed by atoms with Crippen LogP contribution in [0.25, 0.3) is 11.4 Å². The van der Waals surface area contributed by atoms with E-state index in [9.17, 15) is 19.2 Å². The van der Waals surface area contributed by atoms with E-state index in [2.05, 4.69) is 15.5 Å². The highest BCUT2D eigenvalue weighted by Gasteiger charge is 2.51. The summed E-state index contributed by atoms with van der Waals surface area (Å²) in [6.07, 6.45) is -3.29. The number of aryl methyl sites for hydroxylation is 1. The lowest BCUT2D eigenvalue weighted by molar-refractivity contribution is -0.211. The highest BCUT2D eigenvalue weighted by molar-refractivity contribution is 7.99. The van der Waals surface area contributed by atoms with Gasteiger partial charge in [0.25, 0.3) is 0 Å². The smallest absolute Gasteiger partial charge is 0.303 e. The number of carbonyl (C=O) groups excluding carboxylic acids is 4. The fourth-order valence-electron chi connectivity index (χ4n) is 4.07. The maximum absolute atomic E-state index is 12.2. The molecule has 1 saturated heterocycles. The quantitative estimate of drug-likeness (QED) is 0.362. The van der Waals surface area contributed by atoms with Crippen molar-refractivity contribution in [2.24, 2.45) is 0 Å². The summed E-state index contributed by atoms with van der Waals surface area (Å²) in [5.74, 6) is -1.66. The normalized spacial score (nSPS) is 22.8. The van der Waals surface area contributed by atoms with Crippen LogP contribution in [-0.4, -0.2) is 75.0 Å². The Kier molecular flexibility index (Phi) is 9.86. The zero-order valence-electron chi connectivity index (χ0n) is 22.1. The molecule has 1 aromatic carbocycles. The molecule has 3 rings (SSSR count). The zero-order valence-corrected chi connectivity index (χ0v) is 22.9. The van der Waals surface area contributed by atoms with Gasteiger partial charge in [0.1, 0.15) is 24.2 Å². The maximum atomic E-state index is 12.2. The number of nitrogens with one attached hydrogen (secondary N) is 1. The summed E-state index contributed by atoms with van der Waals surface area (Å²) in [5.41, 5.74) is 1.11. The van der Waals surface area contributed by atoms with Crippen molar-refractivity contribution in [3.8, 4) is 11.4 Å². The van der Waals surface area contributed by atoms with Crippen LogP contribution < -0.4 is 5.32 Å². The molecule has 38 heavy (non-hydrogen) atoms. The van der Waals surface area contributed by atoms with Crippen LogP contribution in [-0.2, 0) is 44.7 Å². The van der Waals surface area contributed by atoms with Crippen LogP contribution >= 0.6 is 11.8 Å². The molecule has 0 saturated carbocycles. The lowest BCUT2D eigenvalue weighted by atomic mass is 9.97. The van der Waals surface area contributed by atoms with Crippen LogP contribution in [0.2, 0.25) is 0 Å². The molecule has 0 radical (unpaired) electrons. The van der Waals surface area contributed by atoms with Gasteiger partial charge in [-0.2, -0.15) is 0 Å². The first-order valence-electron chi connectivity index (χ1n) is 12.1. The van der Waals surface area contributed by atoms with Gasteiger partial charge in [0, 0.05) is 39.8 Å². The minimum absolute atomic E-state index is 0.274. The lowest BCUT2D eigenvalue weighted by Crippen LogP contribution is -2.65. The van der Waals surface area contributed by atoms with Crippen molar-refractivity contribution in [3.63, 3.8) is 0 Å². The van der Waals surface area contributed by atoms with Crippen LogP contribution in [0.15, 0.2) is 29.4 Å². The largest absolute Gasteiger partial charge is 0.463 e. The molecule has 1 aromatic heterocycles. The Hall–Kier alpha value is -3.45. The second kappa shape index (κ2) is 12.9. The maximum Gasteiger partial charge on any atom is 0.303 e. The molecule has 0 spiro atoms. The van der Waals surface area contributed by atoms with E-state index >= 15 is 0 Å². The zero-order chi connectivity index (χ0) is 28.0. The average molecular weight is 549 g/mol. The number of thioether (sulfide) groups is 1. The molecule has 1 N–H and O–H groups in total. The van der Waals surface area contributed by atoms with Gasteiger partial charge >= 0.3 is 17.9 Å². The molecule has 5 atom stereocenters. The number of nitrogens with zero attached hydrogens (tertiary/aromatic N) is 3. The Bertz CT molecular complexity index is 1170. The van der Waals surface area contributed by atoms with Crippen molar-refractivity contribution in [3.05, 3.63) is 29.8 Å². The molecule has 1 amide bonds. The highest BCUT2D eigenvalue weighted by atomic mass is 32.2. The van der Waals surface area contributed by atoms with Crippen LogP contribution in [0.3, 0.4) is 0 Å². The predicted octanol–water partition coefficient (Wildman–Crippen LogP) is 2.02. The minimum atomic E-state index is -1.16. The number of rotatable bonds is 9. The molecule has 2 aromatic rings. The Balaban J connectivity index is 2.02. The number of amides is 1. The lowest BCUT2D eigenvalue weighted by Gasteiger charge is -2.44. The van der Waals surface area contributed by atoms with Crippen LogP contribution in [0.4, 0.5) is 0 Å². The SMILES string of the molecule is CCn1c(S[C@@H]2O[C@H](COC(C)=O)[C@@H](OC(C)=O)[C@H](OC(C)=O)[C@H]2NC(C)=O)nnc1-c1ccc(C)cc1. The van der Waals surface area contributed by atoms with E-state index in [4.69, 9.17) is 18.9 Å². The first kappa shape index (κ1) is 29.1. The van der Waals surface area contributed by atoms with Gasteiger partial charge in [0.2, 0.25) is 5.91 Å². The second-order valence-corrected chi connectivity index (χ2v) is 9.82. The molecule has 2 heterocycles. The van der Waals surface area contributed by atoms with Crippen molar-refractivity contribution in [2.45, 2.75) is 83.0 Å². The Morgan fingerprint density at radius 1 is 0.974 bits per heavy atom. The number of ether oxygens (including phenoxy) is 4. The van der Waals surface area contributed by atoms with Gasteiger partial charge in [-0.25, -0.2) is 0 Å². The average Bonchev–Trinajstić information content (AvgIpc) is 3.23. The summed E-state index contributed by atoms with van der Waals surface area (Å²) in [7, 11) is 0. The van der Waals surface area contributed by atoms with E-state index in [1.165, 1.54) is 27.7 Å². The summed E-state index contributed by atoms with van der Waals surface area (Å²) in [5, 5.41) is 12.0. The molecule has 13 heteroatoms. The molecular weight excluding hydrogens is 516 g/mol. The third-order valence-electron chi connectivity index (χ3n) is 5.64. The van der Waals surface area contributed by atoms with E-state index in [0.717, 1.165) is 22.9 Å². The molecule has 0 unspecified atom stereocenters. The summed E-state index contributed by atoms with van der Waals surface area (Å²) in [4.78, 5) is 47.7. The number of benzene rings is 1. The van der Waals surface area contributed by atoms with Gasteiger partial charge < -0.3 is 28.8 Å². The van der Waals surface area contributed by atoms with E-state index < -0.39 is 53.6 Å². The van der Waals surface area contributed by atoms with E-state index in [0.29, 0.717) is 17.5 Å². The summed E-state index contributed by atoms with van der Waals surface area (Å²) < 4.78 is 24.3. The molecule has 0 bridgehead atoms. The third-order valence-corrected chi connectivity index (χ3v) is 6.79. The Morgan fingerprint density at radius 3 is 2.16 bits per heavy atom. The molecular formula is C25H32N4O8S. The summed E-state index contributed by atoms with van der Waals surface area (Å²) in [6, 6.07) is 6.92. The van der Waals surface area contributed by atoms with Crippen LogP contribution in [0.1, 0.15) is 40.2 Å². The Labute approximate surface area is 224 Å². The molecule has 0 aliphatic carbocycles. The van der Waals surface area contributed by atoms with Gasteiger partial charge in [0.05, 0.1) is 0 Å². The molecule has 206 valence electrons. The fraction of sp³-hybridized carbons (Fsp3) is 0.520. The van der Waals surface area contributed by atoms with Gasteiger partial charge in [0.15, 0.2) is 23.2 Å².